The number of anilines is 1. The highest BCUT2D eigenvalue weighted by atomic mass is 16.2. The topological polar surface area (TPSA) is 80.9 Å². The Hall–Kier alpha value is -1.49. The zero-order chi connectivity index (χ0) is 9.90. The van der Waals surface area contributed by atoms with Gasteiger partial charge in [-0.3, -0.25) is 4.79 Å². The number of aromatic nitrogens is 2. The first-order valence-electron chi connectivity index (χ1n) is 3.88. The highest BCUT2D eigenvalue weighted by Gasteiger charge is 2.21. The smallest absolute Gasteiger partial charge is 0.245 e. The van der Waals surface area contributed by atoms with Crippen molar-refractivity contribution in [3.05, 3.63) is 18.3 Å². The van der Waals surface area contributed by atoms with E-state index in [1.54, 1.807) is 26.0 Å². The molecular formula is C8H12N4O. The zero-order valence-electron chi connectivity index (χ0n) is 7.61. The van der Waals surface area contributed by atoms with E-state index < -0.39 is 5.54 Å². The lowest BCUT2D eigenvalue weighted by Gasteiger charge is -2.16. The molecule has 0 atom stereocenters. The Morgan fingerprint density at radius 2 is 2.31 bits per heavy atom. The first kappa shape index (κ1) is 9.60. The Morgan fingerprint density at radius 1 is 1.62 bits per heavy atom. The third-order valence-electron chi connectivity index (χ3n) is 1.40. The minimum atomic E-state index is -0.905. The number of hydrogen-bond donors (Lipinski definition) is 2. The van der Waals surface area contributed by atoms with Gasteiger partial charge in [0.25, 0.3) is 0 Å². The zero-order valence-corrected chi connectivity index (χ0v) is 7.61. The molecule has 0 saturated carbocycles. The first-order valence-corrected chi connectivity index (χ1v) is 3.88. The SMILES string of the molecule is CC(C)(N)C(=O)Nc1cccnn1. The molecule has 0 spiro atoms. The third-order valence-corrected chi connectivity index (χ3v) is 1.40. The number of hydrogen-bond acceptors (Lipinski definition) is 4. The highest BCUT2D eigenvalue weighted by molar-refractivity contribution is 5.96. The predicted molar refractivity (Wildman–Crippen MR) is 48.9 cm³/mol. The fourth-order valence-electron chi connectivity index (χ4n) is 0.646. The summed E-state index contributed by atoms with van der Waals surface area (Å²) in [5.74, 6) is 0.124. The number of amides is 1. The number of carbonyl (C=O) groups is 1. The highest BCUT2D eigenvalue weighted by Crippen LogP contribution is 2.03. The van der Waals surface area contributed by atoms with Crippen molar-refractivity contribution in [2.75, 3.05) is 5.32 Å². The van der Waals surface area contributed by atoms with Crippen LogP contribution in [0.4, 0.5) is 5.82 Å². The van der Waals surface area contributed by atoms with Crippen molar-refractivity contribution in [2.45, 2.75) is 19.4 Å². The van der Waals surface area contributed by atoms with Crippen LogP contribution in [-0.2, 0) is 4.79 Å². The van der Waals surface area contributed by atoms with E-state index in [2.05, 4.69) is 15.5 Å². The Labute approximate surface area is 76.4 Å². The molecule has 1 rings (SSSR count). The van der Waals surface area contributed by atoms with Crippen molar-refractivity contribution in [2.24, 2.45) is 5.73 Å². The van der Waals surface area contributed by atoms with Crippen molar-refractivity contribution in [1.82, 2.24) is 10.2 Å². The normalized spacial score (nSPS) is 11.0. The molecule has 70 valence electrons. The van der Waals surface area contributed by atoms with Crippen molar-refractivity contribution in [3.63, 3.8) is 0 Å². The molecule has 1 aromatic heterocycles. The van der Waals surface area contributed by atoms with Crippen molar-refractivity contribution >= 4 is 11.7 Å². The van der Waals surface area contributed by atoms with Gasteiger partial charge in [0.2, 0.25) is 5.91 Å². The lowest BCUT2D eigenvalue weighted by Crippen LogP contribution is -2.45. The summed E-state index contributed by atoms with van der Waals surface area (Å²) in [6.07, 6.45) is 1.53. The second kappa shape index (κ2) is 3.49. The molecule has 0 bridgehead atoms. The average molecular weight is 180 g/mol. The van der Waals surface area contributed by atoms with Gasteiger partial charge in [-0.15, -0.1) is 5.10 Å². The molecule has 0 aliphatic rings. The van der Waals surface area contributed by atoms with Gasteiger partial charge in [-0.2, -0.15) is 5.10 Å². The number of nitrogens with zero attached hydrogens (tertiary/aromatic N) is 2. The van der Waals surface area contributed by atoms with Crippen LogP contribution in [-0.4, -0.2) is 21.6 Å². The molecule has 0 radical (unpaired) electrons. The van der Waals surface area contributed by atoms with Gasteiger partial charge in [-0.05, 0) is 26.0 Å². The lowest BCUT2D eigenvalue weighted by molar-refractivity contribution is -0.120. The molecule has 1 amide bonds. The van der Waals surface area contributed by atoms with Crippen LogP contribution < -0.4 is 11.1 Å². The van der Waals surface area contributed by atoms with E-state index in [-0.39, 0.29) is 5.91 Å². The standard InChI is InChI=1S/C8H12N4O/c1-8(2,9)7(13)11-6-4-3-5-10-12-6/h3-5H,9H2,1-2H3,(H,11,12,13). The summed E-state index contributed by atoms with van der Waals surface area (Å²) in [6, 6.07) is 3.34. The molecule has 0 unspecified atom stereocenters. The van der Waals surface area contributed by atoms with Gasteiger partial charge >= 0.3 is 0 Å². The van der Waals surface area contributed by atoms with Crippen molar-refractivity contribution < 1.29 is 4.79 Å². The minimum Gasteiger partial charge on any atom is -0.318 e. The Balaban J connectivity index is 2.66. The van der Waals surface area contributed by atoms with E-state index in [0.29, 0.717) is 5.82 Å². The molecule has 1 heterocycles. The molecule has 0 aliphatic heterocycles. The van der Waals surface area contributed by atoms with Gasteiger partial charge in [0.1, 0.15) is 0 Å². The van der Waals surface area contributed by atoms with Crippen LogP contribution in [0, 0.1) is 0 Å². The van der Waals surface area contributed by atoms with E-state index >= 15 is 0 Å². The number of nitrogens with one attached hydrogen (secondary N) is 1. The molecule has 5 heteroatoms. The van der Waals surface area contributed by atoms with Gasteiger partial charge in [-0.1, -0.05) is 0 Å². The van der Waals surface area contributed by atoms with E-state index in [1.165, 1.54) is 6.20 Å². The maximum atomic E-state index is 11.3. The predicted octanol–water partition coefficient (Wildman–Crippen LogP) is 0.152. The summed E-state index contributed by atoms with van der Waals surface area (Å²) in [5.41, 5.74) is 4.66. The number of rotatable bonds is 2. The van der Waals surface area contributed by atoms with Crippen LogP contribution in [0.1, 0.15) is 13.8 Å². The summed E-state index contributed by atoms with van der Waals surface area (Å²) in [7, 11) is 0. The van der Waals surface area contributed by atoms with Gasteiger partial charge in [0, 0.05) is 6.20 Å². The number of nitrogens with two attached hydrogens (primary N) is 1. The molecule has 0 fully saturated rings. The van der Waals surface area contributed by atoms with Gasteiger partial charge in [0.15, 0.2) is 5.82 Å². The van der Waals surface area contributed by atoms with Crippen LogP contribution in [0.5, 0.6) is 0 Å². The maximum Gasteiger partial charge on any atom is 0.245 e. The largest absolute Gasteiger partial charge is 0.318 e. The van der Waals surface area contributed by atoms with E-state index in [4.69, 9.17) is 5.73 Å². The van der Waals surface area contributed by atoms with Crippen LogP contribution in [0.15, 0.2) is 18.3 Å². The molecule has 0 aliphatic carbocycles. The van der Waals surface area contributed by atoms with Crippen LogP contribution in [0.2, 0.25) is 0 Å². The number of carbonyl (C=O) groups excluding carboxylic acids is 1. The van der Waals surface area contributed by atoms with Crippen LogP contribution >= 0.6 is 0 Å². The molecule has 5 nitrogen and oxygen atoms in total. The molecule has 3 N–H and O–H groups in total. The summed E-state index contributed by atoms with van der Waals surface area (Å²) in [5, 5.41) is 9.85. The average Bonchev–Trinajstić information content (AvgIpc) is 2.04. The van der Waals surface area contributed by atoms with Crippen LogP contribution in [0.25, 0.3) is 0 Å². The quantitative estimate of drug-likeness (QED) is 0.679. The van der Waals surface area contributed by atoms with Crippen LogP contribution in [0.3, 0.4) is 0 Å². The molecule has 13 heavy (non-hydrogen) atoms. The van der Waals surface area contributed by atoms with Crippen molar-refractivity contribution in [1.29, 1.82) is 0 Å². The van der Waals surface area contributed by atoms with Crippen molar-refractivity contribution in [3.8, 4) is 0 Å². The fraction of sp³-hybridized carbons (Fsp3) is 0.375. The summed E-state index contributed by atoms with van der Waals surface area (Å²) >= 11 is 0. The third kappa shape index (κ3) is 2.79. The molecular weight excluding hydrogens is 168 g/mol. The van der Waals surface area contributed by atoms with E-state index in [0.717, 1.165) is 0 Å². The van der Waals surface area contributed by atoms with E-state index in [1.807, 2.05) is 0 Å². The first-order chi connectivity index (χ1) is 6.00. The van der Waals surface area contributed by atoms with Gasteiger partial charge < -0.3 is 11.1 Å². The molecule has 1 aromatic rings. The second-order valence-electron chi connectivity index (χ2n) is 3.28. The summed E-state index contributed by atoms with van der Waals surface area (Å²) < 4.78 is 0. The monoisotopic (exact) mass is 180 g/mol. The molecule has 0 saturated heterocycles. The van der Waals surface area contributed by atoms with Gasteiger partial charge in [0.05, 0.1) is 5.54 Å². The summed E-state index contributed by atoms with van der Waals surface area (Å²) in [6.45, 7) is 3.25. The fourth-order valence-corrected chi connectivity index (χ4v) is 0.646. The Morgan fingerprint density at radius 3 is 2.77 bits per heavy atom. The van der Waals surface area contributed by atoms with E-state index in [9.17, 15) is 4.79 Å². The maximum absolute atomic E-state index is 11.3. The lowest BCUT2D eigenvalue weighted by atomic mass is 10.1. The molecule has 0 aromatic carbocycles. The minimum absolute atomic E-state index is 0.284. The van der Waals surface area contributed by atoms with Gasteiger partial charge in [-0.25, -0.2) is 0 Å². The second-order valence-corrected chi connectivity index (χ2v) is 3.28. The summed E-state index contributed by atoms with van der Waals surface area (Å²) in [4.78, 5) is 11.3. The Bertz CT molecular complexity index is 291. The Kier molecular flexibility index (Phi) is 2.57.